The molecule has 29 heavy (non-hydrogen) atoms. The largest absolute Gasteiger partial charge is 0.340 e. The molecule has 0 radical (unpaired) electrons. The van der Waals surface area contributed by atoms with Crippen LogP contribution in [0.3, 0.4) is 0 Å². The molecule has 0 saturated carbocycles. The van der Waals surface area contributed by atoms with Crippen LogP contribution in [0.15, 0.2) is 24.3 Å². The van der Waals surface area contributed by atoms with Crippen molar-refractivity contribution >= 4 is 16.8 Å². The third kappa shape index (κ3) is 3.02. The van der Waals surface area contributed by atoms with Crippen molar-refractivity contribution in [2.75, 3.05) is 26.7 Å². The van der Waals surface area contributed by atoms with Gasteiger partial charge in [-0.2, -0.15) is 0 Å². The topological polar surface area (TPSA) is 59.2 Å². The third-order valence-electron chi connectivity index (χ3n) is 6.31. The van der Waals surface area contributed by atoms with E-state index in [1.807, 2.05) is 16.5 Å². The first-order valence-corrected chi connectivity index (χ1v) is 10.2. The normalized spacial score (nSPS) is 20.2. The van der Waals surface area contributed by atoms with Gasteiger partial charge in [-0.05, 0) is 44.2 Å². The summed E-state index contributed by atoms with van der Waals surface area (Å²) in [4.78, 5) is 17.7. The molecule has 2 aliphatic heterocycles. The van der Waals surface area contributed by atoms with Gasteiger partial charge in [0.2, 0.25) is 0 Å². The number of likely N-dealkylation sites (tertiary alicyclic amines) is 1. The van der Waals surface area contributed by atoms with Gasteiger partial charge in [-0.3, -0.25) is 4.79 Å². The number of aryl methyl sites for hydroxylation is 1. The summed E-state index contributed by atoms with van der Waals surface area (Å²) in [7, 11) is 3.98. The summed E-state index contributed by atoms with van der Waals surface area (Å²) in [5, 5.41) is 9.66. The summed E-state index contributed by atoms with van der Waals surface area (Å²) < 4.78 is 17.7. The van der Waals surface area contributed by atoms with Gasteiger partial charge in [0.25, 0.3) is 5.91 Å². The molecule has 7 nitrogen and oxygen atoms in total. The number of hydrogen-bond donors (Lipinski definition) is 0. The summed E-state index contributed by atoms with van der Waals surface area (Å²) in [5.74, 6) is 1.57. The second-order valence-electron chi connectivity index (χ2n) is 8.13. The minimum atomic E-state index is -0.294. The lowest BCUT2D eigenvalue weighted by Crippen LogP contribution is -2.33. The van der Waals surface area contributed by atoms with Gasteiger partial charge in [0, 0.05) is 50.6 Å². The quantitative estimate of drug-likeness (QED) is 0.667. The highest BCUT2D eigenvalue weighted by Crippen LogP contribution is 2.34. The number of amides is 1. The highest BCUT2D eigenvalue weighted by atomic mass is 19.1. The molecule has 1 amide bonds. The van der Waals surface area contributed by atoms with Crippen molar-refractivity contribution in [3.05, 3.63) is 47.4 Å². The Morgan fingerprint density at radius 2 is 1.97 bits per heavy atom. The van der Waals surface area contributed by atoms with Gasteiger partial charge in [-0.15, -0.1) is 10.2 Å². The predicted molar refractivity (Wildman–Crippen MR) is 107 cm³/mol. The first kappa shape index (κ1) is 18.3. The van der Waals surface area contributed by atoms with Gasteiger partial charge in [-0.25, -0.2) is 4.39 Å². The van der Waals surface area contributed by atoms with E-state index in [2.05, 4.69) is 26.7 Å². The Bertz CT molecular complexity index is 1090. The number of rotatable bonds is 2. The molecule has 3 aromatic rings. The van der Waals surface area contributed by atoms with E-state index in [1.165, 1.54) is 12.1 Å². The fourth-order valence-corrected chi connectivity index (χ4v) is 4.65. The average Bonchev–Trinajstić information content (AvgIpc) is 3.38. The molecule has 1 atom stereocenters. The molecule has 0 bridgehead atoms. The molecule has 0 unspecified atom stereocenters. The molecular formula is C21H25FN6O. The Hall–Kier alpha value is -2.74. The molecule has 0 aliphatic carbocycles. The third-order valence-corrected chi connectivity index (χ3v) is 6.31. The fraction of sp³-hybridized carbons (Fsp3) is 0.476. The SMILES string of the molecule is CN1CCc2nnc([C@H]3CCCN3C(=O)c3cc4cc(F)ccc4n3C)n2CC1. The van der Waals surface area contributed by atoms with Crippen LogP contribution >= 0.6 is 0 Å². The van der Waals surface area contributed by atoms with E-state index in [9.17, 15) is 9.18 Å². The Kier molecular flexibility index (Phi) is 4.38. The number of carbonyl (C=O) groups excluding carboxylic acids is 1. The minimum Gasteiger partial charge on any atom is -0.340 e. The molecule has 2 aromatic heterocycles. The van der Waals surface area contributed by atoms with Gasteiger partial charge < -0.3 is 18.9 Å². The number of halogens is 1. The maximum Gasteiger partial charge on any atom is 0.271 e. The van der Waals surface area contributed by atoms with E-state index < -0.39 is 0 Å². The predicted octanol–water partition coefficient (Wildman–Crippen LogP) is 2.37. The standard InChI is InChI=1S/C21H25FN6O/c1-25-9-7-19-23-24-20(28(19)11-10-25)17-4-3-8-27(17)21(29)18-13-14-12-15(22)5-6-16(14)26(18)2/h5-6,12-13,17H,3-4,7-11H2,1-2H3/t17-/m1/s1. The van der Waals surface area contributed by atoms with Crippen molar-refractivity contribution in [3.8, 4) is 0 Å². The number of aromatic nitrogens is 4. The van der Waals surface area contributed by atoms with Crippen LogP contribution in [-0.2, 0) is 20.0 Å². The van der Waals surface area contributed by atoms with Gasteiger partial charge >= 0.3 is 0 Å². The number of benzene rings is 1. The monoisotopic (exact) mass is 396 g/mol. The van der Waals surface area contributed by atoms with Crippen molar-refractivity contribution in [2.24, 2.45) is 7.05 Å². The highest BCUT2D eigenvalue weighted by Gasteiger charge is 2.36. The Balaban J connectivity index is 1.48. The lowest BCUT2D eigenvalue weighted by atomic mass is 10.2. The molecule has 0 spiro atoms. The van der Waals surface area contributed by atoms with Crippen molar-refractivity contribution in [3.63, 3.8) is 0 Å². The maximum absolute atomic E-state index is 13.6. The molecule has 0 N–H and O–H groups in total. The van der Waals surface area contributed by atoms with Crippen LogP contribution in [-0.4, -0.2) is 61.7 Å². The lowest BCUT2D eigenvalue weighted by molar-refractivity contribution is 0.0717. The fourth-order valence-electron chi connectivity index (χ4n) is 4.65. The molecule has 8 heteroatoms. The van der Waals surface area contributed by atoms with Crippen molar-refractivity contribution in [2.45, 2.75) is 31.8 Å². The zero-order valence-electron chi connectivity index (χ0n) is 16.8. The second kappa shape index (κ2) is 6.95. The highest BCUT2D eigenvalue weighted by molar-refractivity contribution is 5.99. The average molecular weight is 396 g/mol. The second-order valence-corrected chi connectivity index (χ2v) is 8.13. The number of nitrogens with zero attached hydrogens (tertiary/aromatic N) is 6. The van der Waals surface area contributed by atoms with Crippen LogP contribution < -0.4 is 0 Å². The summed E-state index contributed by atoms with van der Waals surface area (Å²) in [6.07, 6.45) is 2.70. The van der Waals surface area contributed by atoms with Crippen molar-refractivity contribution in [1.29, 1.82) is 0 Å². The van der Waals surface area contributed by atoms with Gasteiger partial charge in [-0.1, -0.05) is 0 Å². The number of carbonyl (C=O) groups is 1. The van der Waals surface area contributed by atoms with Crippen LogP contribution in [0.4, 0.5) is 4.39 Å². The van der Waals surface area contributed by atoms with E-state index in [4.69, 9.17) is 0 Å². The molecule has 4 heterocycles. The van der Waals surface area contributed by atoms with E-state index >= 15 is 0 Å². The van der Waals surface area contributed by atoms with Crippen LogP contribution in [0.2, 0.25) is 0 Å². The summed E-state index contributed by atoms with van der Waals surface area (Å²) >= 11 is 0. The summed E-state index contributed by atoms with van der Waals surface area (Å²) in [6, 6.07) is 6.34. The zero-order valence-corrected chi connectivity index (χ0v) is 16.8. The smallest absolute Gasteiger partial charge is 0.271 e. The zero-order chi connectivity index (χ0) is 20.1. The molecule has 1 saturated heterocycles. The number of likely N-dealkylation sites (N-methyl/N-ethyl adjacent to an activating group) is 1. The lowest BCUT2D eigenvalue weighted by Gasteiger charge is -2.25. The Labute approximate surface area is 168 Å². The van der Waals surface area contributed by atoms with Gasteiger partial charge in [0.1, 0.15) is 17.3 Å². The first-order chi connectivity index (χ1) is 14.0. The molecule has 2 aliphatic rings. The van der Waals surface area contributed by atoms with Crippen LogP contribution in [0.25, 0.3) is 10.9 Å². The molecule has 1 aromatic carbocycles. The van der Waals surface area contributed by atoms with Crippen molar-refractivity contribution in [1.82, 2.24) is 29.1 Å². The molecule has 1 fully saturated rings. The summed E-state index contributed by atoms with van der Waals surface area (Å²) in [6.45, 7) is 3.47. The van der Waals surface area contributed by atoms with Crippen molar-refractivity contribution < 1.29 is 9.18 Å². The first-order valence-electron chi connectivity index (χ1n) is 10.2. The van der Waals surface area contributed by atoms with E-state index in [-0.39, 0.29) is 17.8 Å². The van der Waals surface area contributed by atoms with Crippen LogP contribution in [0.1, 0.15) is 41.0 Å². The Morgan fingerprint density at radius 3 is 2.83 bits per heavy atom. The minimum absolute atomic E-state index is 0.0327. The Morgan fingerprint density at radius 1 is 1.10 bits per heavy atom. The number of hydrogen-bond acceptors (Lipinski definition) is 4. The van der Waals surface area contributed by atoms with E-state index in [0.717, 1.165) is 61.4 Å². The van der Waals surface area contributed by atoms with E-state index in [1.54, 1.807) is 12.1 Å². The van der Waals surface area contributed by atoms with E-state index in [0.29, 0.717) is 12.2 Å². The van der Waals surface area contributed by atoms with Gasteiger partial charge in [0.05, 0.1) is 6.04 Å². The molecular weight excluding hydrogens is 371 g/mol. The maximum atomic E-state index is 13.6. The molecule has 152 valence electrons. The number of fused-ring (bicyclic) bond motifs is 2. The van der Waals surface area contributed by atoms with Gasteiger partial charge in [0.15, 0.2) is 5.82 Å². The van der Waals surface area contributed by atoms with Crippen LogP contribution in [0.5, 0.6) is 0 Å². The summed E-state index contributed by atoms with van der Waals surface area (Å²) in [5.41, 5.74) is 1.43. The van der Waals surface area contributed by atoms with Crippen LogP contribution in [0, 0.1) is 5.82 Å². The molecule has 5 rings (SSSR count).